The Hall–Kier alpha value is -1.97. The van der Waals surface area contributed by atoms with Crippen molar-refractivity contribution in [3.05, 3.63) is 30.0 Å². The van der Waals surface area contributed by atoms with Gasteiger partial charge in [0.05, 0.1) is 12.6 Å². The number of fused-ring (bicyclic) bond motifs is 1. The van der Waals surface area contributed by atoms with Gasteiger partial charge in [0, 0.05) is 12.4 Å². The number of ether oxygens (including phenoxy) is 1. The van der Waals surface area contributed by atoms with Crippen LogP contribution in [0.4, 0.5) is 0 Å². The third kappa shape index (κ3) is 1.34. The molecule has 78 valence electrons. The van der Waals surface area contributed by atoms with E-state index >= 15 is 0 Å². The van der Waals surface area contributed by atoms with Gasteiger partial charge in [-0.25, -0.2) is 4.79 Å². The van der Waals surface area contributed by atoms with Gasteiger partial charge in [-0.3, -0.25) is 0 Å². The molecular formula is C11H11NO3. The molecule has 0 saturated carbocycles. The zero-order chi connectivity index (χ0) is 11.0. The summed E-state index contributed by atoms with van der Waals surface area (Å²) in [5, 5.41) is 9.79. The zero-order valence-corrected chi connectivity index (χ0v) is 8.52. The lowest BCUT2D eigenvalue weighted by molar-refractivity contribution is 0.0687. The van der Waals surface area contributed by atoms with Gasteiger partial charge in [-0.15, -0.1) is 0 Å². The summed E-state index contributed by atoms with van der Waals surface area (Å²) in [6.45, 7) is 0. The van der Waals surface area contributed by atoms with Gasteiger partial charge in [-0.1, -0.05) is 6.07 Å². The highest BCUT2D eigenvalue weighted by atomic mass is 16.5. The molecule has 1 heterocycles. The van der Waals surface area contributed by atoms with Gasteiger partial charge in [0.2, 0.25) is 0 Å². The van der Waals surface area contributed by atoms with Crippen LogP contribution in [0.3, 0.4) is 0 Å². The molecule has 1 aromatic heterocycles. The van der Waals surface area contributed by atoms with Crippen molar-refractivity contribution in [2.75, 3.05) is 7.11 Å². The molecule has 2 aromatic rings. The number of benzene rings is 1. The summed E-state index contributed by atoms with van der Waals surface area (Å²) in [6, 6.07) is 7.14. The van der Waals surface area contributed by atoms with E-state index < -0.39 is 5.97 Å². The van der Waals surface area contributed by atoms with E-state index in [4.69, 9.17) is 9.84 Å². The number of hydrogen-bond acceptors (Lipinski definition) is 2. The average molecular weight is 205 g/mol. The largest absolute Gasteiger partial charge is 0.496 e. The number of aromatic carboxylic acids is 1. The molecule has 0 unspecified atom stereocenters. The molecule has 0 atom stereocenters. The molecule has 4 heteroatoms. The van der Waals surface area contributed by atoms with Crippen LogP contribution in [0.2, 0.25) is 0 Å². The molecule has 15 heavy (non-hydrogen) atoms. The summed E-state index contributed by atoms with van der Waals surface area (Å²) in [5.41, 5.74) is 1.11. The second-order valence-electron chi connectivity index (χ2n) is 3.29. The molecule has 0 spiro atoms. The van der Waals surface area contributed by atoms with E-state index in [-0.39, 0.29) is 5.69 Å². The first-order chi connectivity index (χ1) is 7.15. The number of aryl methyl sites for hydroxylation is 1. The fourth-order valence-electron chi connectivity index (χ4n) is 1.72. The highest BCUT2D eigenvalue weighted by molar-refractivity contribution is 5.97. The van der Waals surface area contributed by atoms with E-state index in [9.17, 15) is 4.79 Å². The molecule has 0 bridgehead atoms. The van der Waals surface area contributed by atoms with Crippen LogP contribution in [0.25, 0.3) is 10.9 Å². The second kappa shape index (κ2) is 3.31. The minimum Gasteiger partial charge on any atom is -0.496 e. The number of carboxylic acids is 1. The van der Waals surface area contributed by atoms with Gasteiger partial charge in [-0.05, 0) is 18.2 Å². The fourth-order valence-corrected chi connectivity index (χ4v) is 1.72. The predicted molar refractivity (Wildman–Crippen MR) is 56.4 cm³/mol. The quantitative estimate of drug-likeness (QED) is 0.814. The van der Waals surface area contributed by atoms with Gasteiger partial charge in [0.15, 0.2) is 0 Å². The number of carbonyl (C=O) groups is 1. The molecule has 0 amide bonds. The van der Waals surface area contributed by atoms with Gasteiger partial charge in [0.25, 0.3) is 0 Å². The zero-order valence-electron chi connectivity index (χ0n) is 8.52. The first-order valence-electron chi connectivity index (χ1n) is 4.51. The molecule has 1 N–H and O–H groups in total. The van der Waals surface area contributed by atoms with Gasteiger partial charge in [-0.2, -0.15) is 0 Å². The number of nitrogens with zero attached hydrogens (tertiary/aromatic N) is 1. The SMILES string of the molecule is COc1cccc2c1cc(C(=O)O)n2C. The van der Waals surface area contributed by atoms with Crippen molar-refractivity contribution in [2.24, 2.45) is 7.05 Å². The third-order valence-electron chi connectivity index (χ3n) is 2.49. The summed E-state index contributed by atoms with van der Waals surface area (Å²) in [6.07, 6.45) is 0. The summed E-state index contributed by atoms with van der Waals surface area (Å²) < 4.78 is 6.81. The van der Waals surface area contributed by atoms with Crippen molar-refractivity contribution in [2.45, 2.75) is 0 Å². The molecule has 0 saturated heterocycles. The van der Waals surface area contributed by atoms with E-state index in [2.05, 4.69) is 0 Å². The Morgan fingerprint density at radius 3 is 2.80 bits per heavy atom. The Bertz CT molecular complexity index is 528. The van der Waals surface area contributed by atoms with E-state index in [1.807, 2.05) is 18.2 Å². The average Bonchev–Trinajstić information content (AvgIpc) is 2.56. The number of carboxylic acid groups (broad SMARTS) is 1. The summed E-state index contributed by atoms with van der Waals surface area (Å²) in [5.74, 6) is -0.244. The van der Waals surface area contributed by atoms with Crippen molar-refractivity contribution in [1.29, 1.82) is 0 Å². The minimum absolute atomic E-state index is 0.259. The van der Waals surface area contributed by atoms with Crippen LogP contribution >= 0.6 is 0 Å². The predicted octanol–water partition coefficient (Wildman–Crippen LogP) is 1.89. The fraction of sp³-hybridized carbons (Fsp3) is 0.182. The van der Waals surface area contributed by atoms with Crippen LogP contribution in [0.5, 0.6) is 5.75 Å². The highest BCUT2D eigenvalue weighted by Crippen LogP contribution is 2.27. The number of hydrogen-bond donors (Lipinski definition) is 1. The van der Waals surface area contributed by atoms with Crippen molar-refractivity contribution in [3.8, 4) is 5.75 Å². The summed E-state index contributed by atoms with van der Waals surface area (Å²) in [4.78, 5) is 10.9. The lowest BCUT2D eigenvalue weighted by atomic mass is 10.2. The Kier molecular flexibility index (Phi) is 2.11. The maximum absolute atomic E-state index is 10.9. The van der Waals surface area contributed by atoms with Crippen LogP contribution in [0, 0.1) is 0 Å². The lowest BCUT2D eigenvalue weighted by Gasteiger charge is -2.02. The van der Waals surface area contributed by atoms with Crippen LogP contribution in [-0.2, 0) is 7.05 Å². The Morgan fingerprint density at radius 2 is 2.20 bits per heavy atom. The van der Waals surface area contributed by atoms with E-state index in [1.54, 1.807) is 24.8 Å². The second-order valence-corrected chi connectivity index (χ2v) is 3.29. The molecule has 1 aromatic carbocycles. The molecule has 0 radical (unpaired) electrons. The molecule has 0 aliphatic heterocycles. The Balaban J connectivity index is 2.81. The van der Waals surface area contributed by atoms with Gasteiger partial charge < -0.3 is 14.4 Å². The first kappa shape index (κ1) is 9.58. The van der Waals surface area contributed by atoms with Crippen LogP contribution in [-0.4, -0.2) is 22.8 Å². The molecule has 0 aliphatic rings. The summed E-state index contributed by atoms with van der Waals surface area (Å²) >= 11 is 0. The van der Waals surface area contributed by atoms with Crippen molar-refractivity contribution in [1.82, 2.24) is 4.57 Å². The van der Waals surface area contributed by atoms with Gasteiger partial charge >= 0.3 is 5.97 Å². The highest BCUT2D eigenvalue weighted by Gasteiger charge is 2.13. The summed E-state index contributed by atoms with van der Waals surface area (Å²) in [7, 11) is 3.30. The lowest BCUT2D eigenvalue weighted by Crippen LogP contribution is -2.03. The normalized spacial score (nSPS) is 10.5. The van der Waals surface area contributed by atoms with E-state index in [0.717, 1.165) is 10.9 Å². The standard InChI is InChI=1S/C11H11NO3/c1-12-8-4-3-5-10(15-2)7(8)6-9(12)11(13)14/h3-6H,1-2H3,(H,13,14). The number of methoxy groups -OCH3 is 1. The van der Waals surface area contributed by atoms with Crippen LogP contribution in [0.1, 0.15) is 10.5 Å². The molecular weight excluding hydrogens is 194 g/mol. The van der Waals surface area contributed by atoms with Crippen molar-refractivity contribution in [3.63, 3.8) is 0 Å². The molecule has 0 fully saturated rings. The van der Waals surface area contributed by atoms with Crippen molar-refractivity contribution < 1.29 is 14.6 Å². The maximum Gasteiger partial charge on any atom is 0.352 e. The first-order valence-corrected chi connectivity index (χ1v) is 4.51. The van der Waals surface area contributed by atoms with E-state index in [1.165, 1.54) is 0 Å². The molecule has 2 rings (SSSR count). The number of rotatable bonds is 2. The monoisotopic (exact) mass is 205 g/mol. The van der Waals surface area contributed by atoms with Crippen molar-refractivity contribution >= 4 is 16.9 Å². The Morgan fingerprint density at radius 1 is 1.47 bits per heavy atom. The number of aromatic nitrogens is 1. The Labute approximate surface area is 86.7 Å². The van der Waals surface area contributed by atoms with Crippen LogP contribution < -0.4 is 4.74 Å². The topological polar surface area (TPSA) is 51.5 Å². The smallest absolute Gasteiger partial charge is 0.352 e. The molecule has 0 aliphatic carbocycles. The molecule has 4 nitrogen and oxygen atoms in total. The maximum atomic E-state index is 10.9. The third-order valence-corrected chi connectivity index (χ3v) is 2.49. The van der Waals surface area contributed by atoms with E-state index in [0.29, 0.717) is 5.75 Å². The van der Waals surface area contributed by atoms with Gasteiger partial charge in [0.1, 0.15) is 11.4 Å². The minimum atomic E-state index is -0.934. The van der Waals surface area contributed by atoms with Crippen LogP contribution in [0.15, 0.2) is 24.3 Å².